The third-order valence-corrected chi connectivity index (χ3v) is 1.77. The summed E-state index contributed by atoms with van der Waals surface area (Å²) in [5.41, 5.74) is 6.80. The lowest BCUT2D eigenvalue weighted by Gasteiger charge is -1.97. The molecular weight excluding hydrogens is 118 g/mol. The van der Waals surface area contributed by atoms with Crippen LogP contribution in [-0.2, 0) is 0 Å². The summed E-state index contributed by atoms with van der Waals surface area (Å²) < 4.78 is 0. The summed E-state index contributed by atoms with van der Waals surface area (Å²) in [4.78, 5) is 0. The molecule has 0 bridgehead atoms. The highest BCUT2D eigenvalue weighted by Gasteiger charge is 1.95. The molecule has 1 nitrogen and oxygen atoms in total. The predicted octanol–water partition coefficient (Wildman–Crippen LogP) is 1.77. The molecule has 0 aromatic carbocycles. The predicted molar refractivity (Wildman–Crippen MR) is 36.9 cm³/mol. The molecule has 1 aromatic heterocycles. The van der Waals surface area contributed by atoms with E-state index in [1.807, 2.05) is 12.3 Å². The molecule has 1 heterocycles. The monoisotopic (exact) mass is 127 g/mol. The number of rotatable bonds is 1. The zero-order valence-corrected chi connectivity index (χ0v) is 5.61. The largest absolute Gasteiger partial charge is 0.324 e. The van der Waals surface area contributed by atoms with E-state index in [4.69, 9.17) is 5.73 Å². The van der Waals surface area contributed by atoms with Gasteiger partial charge in [-0.05, 0) is 29.3 Å². The van der Waals surface area contributed by atoms with E-state index in [0.29, 0.717) is 0 Å². The fraction of sp³-hybridized carbons (Fsp3) is 0.333. The molecule has 0 aliphatic rings. The van der Waals surface area contributed by atoms with Crippen LogP contribution >= 0.6 is 11.3 Å². The van der Waals surface area contributed by atoms with Crippen molar-refractivity contribution >= 4 is 11.3 Å². The van der Waals surface area contributed by atoms with Crippen LogP contribution in [0.25, 0.3) is 0 Å². The van der Waals surface area contributed by atoms with E-state index in [9.17, 15) is 0 Å². The van der Waals surface area contributed by atoms with Gasteiger partial charge in [0.25, 0.3) is 0 Å². The number of thiophene rings is 1. The first-order valence-corrected chi connectivity index (χ1v) is 3.52. The van der Waals surface area contributed by atoms with Gasteiger partial charge in [0.15, 0.2) is 0 Å². The molecule has 2 heteroatoms. The molecule has 1 unspecified atom stereocenters. The minimum absolute atomic E-state index is 0.196. The van der Waals surface area contributed by atoms with E-state index >= 15 is 0 Å². The molecule has 2 N–H and O–H groups in total. The lowest BCUT2D eigenvalue weighted by Crippen LogP contribution is -2.02. The van der Waals surface area contributed by atoms with Gasteiger partial charge in [0, 0.05) is 6.04 Å². The van der Waals surface area contributed by atoms with Crippen molar-refractivity contribution in [3.63, 3.8) is 0 Å². The first-order chi connectivity index (χ1) is 3.80. The molecule has 0 saturated carbocycles. The van der Waals surface area contributed by atoms with Crippen LogP contribution in [-0.4, -0.2) is 0 Å². The standard InChI is InChI=1S/C6H9NS/c1-5(7)6-2-3-8-4-6/h2-5H,7H2,1H3. The highest BCUT2D eigenvalue weighted by Crippen LogP contribution is 2.12. The van der Waals surface area contributed by atoms with Crippen LogP contribution in [0.2, 0.25) is 0 Å². The Morgan fingerprint density at radius 3 is 2.75 bits per heavy atom. The van der Waals surface area contributed by atoms with E-state index in [1.165, 1.54) is 5.56 Å². The Hall–Kier alpha value is -0.340. The van der Waals surface area contributed by atoms with Crippen molar-refractivity contribution in [1.82, 2.24) is 0 Å². The summed E-state index contributed by atoms with van der Waals surface area (Å²) in [7, 11) is 0. The SMILES string of the molecule is CC(N)c1ccsc1. The van der Waals surface area contributed by atoms with Crippen molar-refractivity contribution in [1.29, 1.82) is 0 Å². The third kappa shape index (κ3) is 1.08. The van der Waals surface area contributed by atoms with Crippen LogP contribution in [0.3, 0.4) is 0 Å². The number of nitrogens with two attached hydrogens (primary N) is 1. The van der Waals surface area contributed by atoms with Crippen LogP contribution < -0.4 is 5.73 Å². The molecule has 8 heavy (non-hydrogen) atoms. The fourth-order valence-corrected chi connectivity index (χ4v) is 1.30. The molecule has 0 amide bonds. The van der Waals surface area contributed by atoms with Gasteiger partial charge in [-0.2, -0.15) is 11.3 Å². The third-order valence-electron chi connectivity index (χ3n) is 1.07. The zero-order valence-electron chi connectivity index (χ0n) is 4.79. The first-order valence-electron chi connectivity index (χ1n) is 2.58. The van der Waals surface area contributed by atoms with Crippen molar-refractivity contribution in [2.75, 3.05) is 0 Å². The maximum atomic E-state index is 5.56. The first kappa shape index (κ1) is 5.79. The average Bonchev–Trinajstić information content (AvgIpc) is 2.12. The minimum atomic E-state index is 0.196. The molecule has 0 saturated heterocycles. The Balaban J connectivity index is 2.77. The van der Waals surface area contributed by atoms with Gasteiger partial charge in [-0.1, -0.05) is 0 Å². The van der Waals surface area contributed by atoms with Crippen molar-refractivity contribution in [3.8, 4) is 0 Å². The average molecular weight is 127 g/mol. The summed E-state index contributed by atoms with van der Waals surface area (Å²) in [5.74, 6) is 0. The van der Waals surface area contributed by atoms with E-state index in [1.54, 1.807) is 11.3 Å². The molecule has 1 aromatic rings. The normalized spacial score (nSPS) is 13.8. The van der Waals surface area contributed by atoms with E-state index in [-0.39, 0.29) is 6.04 Å². The number of hydrogen-bond donors (Lipinski definition) is 1. The second kappa shape index (κ2) is 2.29. The van der Waals surface area contributed by atoms with Crippen molar-refractivity contribution < 1.29 is 0 Å². The quantitative estimate of drug-likeness (QED) is 0.611. The van der Waals surface area contributed by atoms with Crippen LogP contribution in [0.5, 0.6) is 0 Å². The Morgan fingerprint density at radius 2 is 2.50 bits per heavy atom. The van der Waals surface area contributed by atoms with Crippen LogP contribution in [0, 0.1) is 0 Å². The Kier molecular flexibility index (Phi) is 1.65. The minimum Gasteiger partial charge on any atom is -0.324 e. The van der Waals surface area contributed by atoms with Crippen LogP contribution in [0.15, 0.2) is 16.8 Å². The highest BCUT2D eigenvalue weighted by atomic mass is 32.1. The van der Waals surface area contributed by atoms with Gasteiger partial charge in [0.05, 0.1) is 0 Å². The van der Waals surface area contributed by atoms with E-state index in [2.05, 4.69) is 11.4 Å². The molecule has 0 spiro atoms. The second-order valence-corrected chi connectivity index (χ2v) is 2.63. The molecule has 1 atom stereocenters. The van der Waals surface area contributed by atoms with Gasteiger partial charge in [0.2, 0.25) is 0 Å². The van der Waals surface area contributed by atoms with Gasteiger partial charge in [-0.25, -0.2) is 0 Å². The summed E-state index contributed by atoms with van der Waals surface area (Å²) >= 11 is 1.69. The van der Waals surface area contributed by atoms with Gasteiger partial charge in [0.1, 0.15) is 0 Å². The van der Waals surface area contributed by atoms with Crippen LogP contribution in [0.4, 0.5) is 0 Å². The molecule has 0 fully saturated rings. The maximum Gasteiger partial charge on any atom is 0.0274 e. The fourth-order valence-electron chi connectivity index (χ4n) is 0.534. The second-order valence-electron chi connectivity index (χ2n) is 1.85. The smallest absolute Gasteiger partial charge is 0.0274 e. The van der Waals surface area contributed by atoms with Crippen LogP contribution in [0.1, 0.15) is 18.5 Å². The lowest BCUT2D eigenvalue weighted by molar-refractivity contribution is 0.823. The maximum absolute atomic E-state index is 5.56. The molecular formula is C6H9NS. The Labute approximate surface area is 53.1 Å². The van der Waals surface area contributed by atoms with Crippen molar-refractivity contribution in [3.05, 3.63) is 22.4 Å². The molecule has 1 rings (SSSR count). The number of hydrogen-bond acceptors (Lipinski definition) is 2. The van der Waals surface area contributed by atoms with Gasteiger partial charge >= 0.3 is 0 Å². The highest BCUT2D eigenvalue weighted by molar-refractivity contribution is 7.07. The molecule has 44 valence electrons. The summed E-state index contributed by atoms with van der Waals surface area (Å²) in [6, 6.07) is 2.25. The summed E-state index contributed by atoms with van der Waals surface area (Å²) in [6.07, 6.45) is 0. The van der Waals surface area contributed by atoms with Gasteiger partial charge in [-0.3, -0.25) is 0 Å². The molecule has 0 aliphatic heterocycles. The Morgan fingerprint density at radius 1 is 1.75 bits per heavy atom. The van der Waals surface area contributed by atoms with Gasteiger partial charge < -0.3 is 5.73 Å². The van der Waals surface area contributed by atoms with E-state index < -0.39 is 0 Å². The molecule has 0 radical (unpaired) electrons. The van der Waals surface area contributed by atoms with Gasteiger partial charge in [-0.15, -0.1) is 0 Å². The topological polar surface area (TPSA) is 26.0 Å². The Bertz CT molecular complexity index is 144. The lowest BCUT2D eigenvalue weighted by atomic mass is 10.2. The summed E-state index contributed by atoms with van der Waals surface area (Å²) in [6.45, 7) is 1.99. The zero-order chi connectivity index (χ0) is 5.98. The van der Waals surface area contributed by atoms with Crippen molar-refractivity contribution in [2.24, 2.45) is 5.73 Å². The van der Waals surface area contributed by atoms with Crippen molar-refractivity contribution in [2.45, 2.75) is 13.0 Å². The molecule has 0 aliphatic carbocycles. The summed E-state index contributed by atoms with van der Waals surface area (Å²) in [5, 5.41) is 4.11. The van der Waals surface area contributed by atoms with E-state index in [0.717, 1.165) is 0 Å².